The maximum Gasteiger partial charge on any atom is 0.340 e. The Bertz CT molecular complexity index is 816. The van der Waals surface area contributed by atoms with Crippen molar-refractivity contribution in [3.63, 3.8) is 0 Å². The third-order valence-electron chi connectivity index (χ3n) is 5.21. The zero-order valence-electron chi connectivity index (χ0n) is 16.6. The van der Waals surface area contributed by atoms with E-state index in [4.69, 9.17) is 4.74 Å². The minimum atomic E-state index is -0.447. The van der Waals surface area contributed by atoms with Crippen LogP contribution in [-0.2, 0) is 9.53 Å². The molecular weight excluding hydrogens is 340 g/mol. The second-order valence-electron chi connectivity index (χ2n) is 7.78. The lowest BCUT2D eigenvalue weighted by Gasteiger charge is -2.34. The minimum Gasteiger partial charge on any atom is -0.452 e. The number of carbonyl (C=O) groups is 2. The second kappa shape index (κ2) is 7.99. The van der Waals surface area contributed by atoms with Crippen LogP contribution in [0.5, 0.6) is 0 Å². The Labute approximate surface area is 160 Å². The van der Waals surface area contributed by atoms with Gasteiger partial charge in [0.15, 0.2) is 6.61 Å². The molecule has 0 saturated carbocycles. The van der Waals surface area contributed by atoms with Gasteiger partial charge >= 0.3 is 5.97 Å². The van der Waals surface area contributed by atoms with E-state index in [-0.39, 0.29) is 12.5 Å². The molecule has 1 aliphatic heterocycles. The third-order valence-corrected chi connectivity index (χ3v) is 5.21. The van der Waals surface area contributed by atoms with Gasteiger partial charge in [-0.3, -0.25) is 4.79 Å². The van der Waals surface area contributed by atoms with Crippen molar-refractivity contribution in [2.45, 2.75) is 34.1 Å². The average molecular weight is 368 g/mol. The molecule has 2 heterocycles. The average Bonchev–Trinajstić information content (AvgIpc) is 2.93. The summed E-state index contributed by atoms with van der Waals surface area (Å²) in [6.45, 7) is 9.44. The number of esters is 1. The molecule has 0 N–H and O–H groups in total. The molecule has 0 aliphatic carbocycles. The largest absolute Gasteiger partial charge is 0.452 e. The van der Waals surface area contributed by atoms with Gasteiger partial charge in [0.25, 0.3) is 5.91 Å². The Hall–Kier alpha value is -2.56. The summed E-state index contributed by atoms with van der Waals surface area (Å²) in [5.41, 5.74) is 3.27. The number of aryl methyl sites for hydroxylation is 1. The fourth-order valence-electron chi connectivity index (χ4n) is 4.11. The molecule has 27 heavy (non-hydrogen) atoms. The van der Waals surface area contributed by atoms with Crippen molar-refractivity contribution in [3.8, 4) is 5.69 Å². The van der Waals surface area contributed by atoms with Crippen LogP contribution < -0.4 is 0 Å². The van der Waals surface area contributed by atoms with E-state index in [1.165, 1.54) is 0 Å². The first-order chi connectivity index (χ1) is 12.9. The number of hydrogen-bond acceptors (Lipinski definition) is 3. The summed E-state index contributed by atoms with van der Waals surface area (Å²) < 4.78 is 7.38. The fraction of sp³-hybridized carbons (Fsp3) is 0.455. The molecule has 5 nitrogen and oxygen atoms in total. The third kappa shape index (κ3) is 4.24. The maximum absolute atomic E-state index is 12.6. The van der Waals surface area contributed by atoms with E-state index in [1.54, 1.807) is 0 Å². The SMILES string of the molecule is Cc1cc(C(=O)OCC(=O)N2CC(C)CC(C)C2)c(C)n1-c1ccccc1. The Morgan fingerprint density at radius 2 is 1.70 bits per heavy atom. The van der Waals surface area contributed by atoms with Gasteiger partial charge in [-0.1, -0.05) is 32.0 Å². The van der Waals surface area contributed by atoms with Gasteiger partial charge in [0.05, 0.1) is 5.56 Å². The number of amides is 1. The zero-order valence-corrected chi connectivity index (χ0v) is 16.6. The molecule has 1 amide bonds. The first-order valence-corrected chi connectivity index (χ1v) is 9.56. The van der Waals surface area contributed by atoms with E-state index in [1.807, 2.05) is 59.7 Å². The van der Waals surface area contributed by atoms with Gasteiger partial charge in [0, 0.05) is 30.2 Å². The smallest absolute Gasteiger partial charge is 0.340 e. The van der Waals surface area contributed by atoms with Crippen LogP contribution in [0, 0.1) is 25.7 Å². The van der Waals surface area contributed by atoms with Crippen molar-refractivity contribution in [2.75, 3.05) is 19.7 Å². The van der Waals surface area contributed by atoms with E-state index >= 15 is 0 Å². The standard InChI is InChI=1S/C22H28N2O3/c1-15-10-16(2)13-23(12-15)21(25)14-27-22(26)20-11-17(3)24(18(20)4)19-8-6-5-7-9-19/h5-9,11,15-16H,10,12-14H2,1-4H3. The molecule has 2 aromatic rings. The molecule has 2 unspecified atom stereocenters. The van der Waals surface area contributed by atoms with Crippen molar-refractivity contribution in [2.24, 2.45) is 11.8 Å². The molecule has 0 radical (unpaired) electrons. The Kier molecular flexibility index (Phi) is 5.68. The lowest BCUT2D eigenvalue weighted by Crippen LogP contribution is -2.44. The van der Waals surface area contributed by atoms with Crippen molar-refractivity contribution >= 4 is 11.9 Å². The molecular formula is C22H28N2O3. The first kappa shape index (κ1) is 19.2. The number of rotatable bonds is 4. The van der Waals surface area contributed by atoms with Gasteiger partial charge in [-0.05, 0) is 50.3 Å². The number of carbonyl (C=O) groups excluding carboxylic acids is 2. The van der Waals surface area contributed by atoms with Gasteiger partial charge in [0.2, 0.25) is 0 Å². The highest BCUT2D eigenvalue weighted by molar-refractivity contribution is 5.93. The number of ether oxygens (including phenoxy) is 1. The highest BCUT2D eigenvalue weighted by Crippen LogP contribution is 2.23. The number of benzene rings is 1. The van der Waals surface area contributed by atoms with E-state index in [0.29, 0.717) is 17.4 Å². The number of likely N-dealkylation sites (tertiary alicyclic amines) is 1. The summed E-state index contributed by atoms with van der Waals surface area (Å²) in [7, 11) is 0. The van der Waals surface area contributed by atoms with Crippen LogP contribution in [-0.4, -0.2) is 41.0 Å². The van der Waals surface area contributed by atoms with Crippen LogP contribution in [0.4, 0.5) is 0 Å². The van der Waals surface area contributed by atoms with Crippen LogP contribution in [0.3, 0.4) is 0 Å². The number of hydrogen-bond donors (Lipinski definition) is 0. The monoisotopic (exact) mass is 368 g/mol. The summed E-state index contributed by atoms with van der Waals surface area (Å²) in [4.78, 5) is 26.8. The number of nitrogens with zero attached hydrogens (tertiary/aromatic N) is 2. The number of para-hydroxylation sites is 1. The lowest BCUT2D eigenvalue weighted by atomic mass is 9.92. The van der Waals surface area contributed by atoms with Crippen LogP contribution >= 0.6 is 0 Å². The zero-order chi connectivity index (χ0) is 19.6. The fourth-order valence-corrected chi connectivity index (χ4v) is 4.11. The lowest BCUT2D eigenvalue weighted by molar-refractivity contribution is -0.137. The Morgan fingerprint density at radius 3 is 2.33 bits per heavy atom. The van der Waals surface area contributed by atoms with Crippen LogP contribution in [0.25, 0.3) is 5.69 Å². The van der Waals surface area contributed by atoms with Crippen molar-refractivity contribution < 1.29 is 14.3 Å². The highest BCUT2D eigenvalue weighted by Gasteiger charge is 2.26. The van der Waals surface area contributed by atoms with E-state index in [2.05, 4.69) is 13.8 Å². The molecule has 144 valence electrons. The van der Waals surface area contributed by atoms with Gasteiger partial charge in [-0.25, -0.2) is 4.79 Å². The topological polar surface area (TPSA) is 51.5 Å². The van der Waals surface area contributed by atoms with E-state index in [9.17, 15) is 9.59 Å². The summed E-state index contributed by atoms with van der Waals surface area (Å²) in [5.74, 6) is 0.409. The van der Waals surface area contributed by atoms with Crippen LogP contribution in [0.1, 0.15) is 42.0 Å². The molecule has 0 bridgehead atoms. The second-order valence-corrected chi connectivity index (χ2v) is 7.78. The Balaban J connectivity index is 1.68. The molecule has 1 aromatic heterocycles. The number of aromatic nitrogens is 1. The summed E-state index contributed by atoms with van der Waals surface area (Å²) in [5, 5.41) is 0. The number of piperidine rings is 1. The predicted octanol–water partition coefficient (Wildman–Crippen LogP) is 3.76. The van der Waals surface area contributed by atoms with E-state index < -0.39 is 5.97 Å². The summed E-state index contributed by atoms with van der Waals surface area (Å²) in [6.07, 6.45) is 1.13. The quantitative estimate of drug-likeness (QED) is 0.772. The summed E-state index contributed by atoms with van der Waals surface area (Å²) in [6, 6.07) is 11.7. The molecule has 1 saturated heterocycles. The molecule has 1 fully saturated rings. The molecule has 1 aromatic carbocycles. The molecule has 3 rings (SSSR count). The highest BCUT2D eigenvalue weighted by atomic mass is 16.5. The van der Waals surface area contributed by atoms with Crippen molar-refractivity contribution in [1.29, 1.82) is 0 Å². The predicted molar refractivity (Wildman–Crippen MR) is 105 cm³/mol. The molecule has 1 aliphatic rings. The Morgan fingerprint density at radius 1 is 1.07 bits per heavy atom. The van der Waals surface area contributed by atoms with Crippen molar-refractivity contribution in [3.05, 3.63) is 53.3 Å². The minimum absolute atomic E-state index is 0.112. The van der Waals surface area contributed by atoms with Crippen molar-refractivity contribution in [1.82, 2.24) is 9.47 Å². The normalized spacial score (nSPS) is 19.8. The maximum atomic E-state index is 12.6. The van der Waals surface area contributed by atoms with Gasteiger partial charge < -0.3 is 14.2 Å². The van der Waals surface area contributed by atoms with Crippen LogP contribution in [0.15, 0.2) is 36.4 Å². The van der Waals surface area contributed by atoms with Gasteiger partial charge in [-0.2, -0.15) is 0 Å². The molecule has 5 heteroatoms. The summed E-state index contributed by atoms with van der Waals surface area (Å²) >= 11 is 0. The van der Waals surface area contributed by atoms with Gasteiger partial charge in [-0.15, -0.1) is 0 Å². The van der Waals surface area contributed by atoms with Gasteiger partial charge in [0.1, 0.15) is 0 Å². The first-order valence-electron chi connectivity index (χ1n) is 9.56. The van der Waals surface area contributed by atoms with Crippen LogP contribution in [0.2, 0.25) is 0 Å². The molecule has 0 spiro atoms. The van der Waals surface area contributed by atoms with E-state index in [0.717, 1.165) is 36.6 Å². The molecule has 2 atom stereocenters.